The number of piperazine rings is 1. The van der Waals surface area contributed by atoms with Gasteiger partial charge in [0.15, 0.2) is 0 Å². The lowest BCUT2D eigenvalue weighted by Crippen LogP contribution is -2.45. The zero-order valence-electron chi connectivity index (χ0n) is 15.4. The van der Waals surface area contributed by atoms with Crippen LogP contribution in [0.2, 0.25) is 0 Å². The van der Waals surface area contributed by atoms with Gasteiger partial charge < -0.3 is 10.1 Å². The van der Waals surface area contributed by atoms with E-state index in [1.807, 2.05) is 4.90 Å². The molecule has 1 saturated heterocycles. The first-order valence-corrected chi connectivity index (χ1v) is 8.51. The van der Waals surface area contributed by atoms with E-state index in [0.29, 0.717) is 37.3 Å². The smallest absolute Gasteiger partial charge is 0.406 e. The van der Waals surface area contributed by atoms with Gasteiger partial charge in [-0.05, 0) is 36.2 Å². The second kappa shape index (κ2) is 10.4. The van der Waals surface area contributed by atoms with Crippen LogP contribution in [-0.4, -0.2) is 37.4 Å². The lowest BCUT2D eigenvalue weighted by Gasteiger charge is -2.36. The highest BCUT2D eigenvalue weighted by Gasteiger charge is 2.32. The van der Waals surface area contributed by atoms with E-state index in [-0.39, 0.29) is 36.1 Å². The highest BCUT2D eigenvalue weighted by molar-refractivity contribution is 5.85. The summed E-state index contributed by atoms with van der Waals surface area (Å²) in [6, 6.07) is 6.97. The number of halogens is 7. The summed E-state index contributed by atoms with van der Waals surface area (Å²) >= 11 is 0. The average Bonchev–Trinajstić information content (AvgIpc) is 2.62. The normalized spacial score (nSPS) is 15.8. The maximum atomic E-state index is 14.8. The van der Waals surface area contributed by atoms with E-state index in [1.165, 1.54) is 24.3 Å². The van der Waals surface area contributed by atoms with Crippen LogP contribution in [0.1, 0.15) is 22.7 Å². The van der Waals surface area contributed by atoms with Crippen molar-refractivity contribution in [2.24, 2.45) is 0 Å². The van der Waals surface area contributed by atoms with Crippen LogP contribution in [0.3, 0.4) is 0 Å². The highest BCUT2D eigenvalue weighted by Crippen LogP contribution is 2.35. The molecule has 0 aliphatic carbocycles. The molecular weight excluding hydrogens is 438 g/mol. The summed E-state index contributed by atoms with van der Waals surface area (Å²) in [5.74, 6) is -1.71. The Morgan fingerprint density at radius 2 is 1.55 bits per heavy atom. The van der Waals surface area contributed by atoms with Gasteiger partial charge in [0.05, 0.1) is 6.04 Å². The molecule has 1 atom stereocenters. The molecule has 1 fully saturated rings. The minimum Gasteiger partial charge on any atom is -0.406 e. The Hall–Kier alpha value is -1.61. The van der Waals surface area contributed by atoms with Gasteiger partial charge in [0.1, 0.15) is 17.4 Å². The Bertz CT molecular complexity index is 796. The van der Waals surface area contributed by atoms with Crippen molar-refractivity contribution >= 4 is 24.8 Å². The lowest BCUT2D eigenvalue weighted by atomic mass is 9.94. The Morgan fingerprint density at radius 1 is 0.966 bits per heavy atom. The van der Waals surface area contributed by atoms with Gasteiger partial charge in [0.25, 0.3) is 0 Å². The van der Waals surface area contributed by atoms with E-state index in [2.05, 4.69) is 10.1 Å². The molecule has 0 saturated carbocycles. The number of hydrogen-bond donors (Lipinski definition) is 1. The molecule has 1 heterocycles. The van der Waals surface area contributed by atoms with Crippen molar-refractivity contribution in [2.45, 2.75) is 19.3 Å². The van der Waals surface area contributed by atoms with Gasteiger partial charge in [0, 0.05) is 31.7 Å². The Morgan fingerprint density at radius 3 is 2.10 bits per heavy atom. The SMILES string of the molecule is Cc1ccc(F)c([C@H](c2ccc(OC(F)(F)F)cc2)N2CCNCC2)c1F.Cl.Cl. The van der Waals surface area contributed by atoms with E-state index in [0.717, 1.165) is 12.1 Å². The van der Waals surface area contributed by atoms with Crippen molar-refractivity contribution in [2.75, 3.05) is 26.2 Å². The van der Waals surface area contributed by atoms with Crippen LogP contribution in [0.4, 0.5) is 22.0 Å². The number of hydrogen-bond acceptors (Lipinski definition) is 3. The van der Waals surface area contributed by atoms with Crippen LogP contribution in [0.5, 0.6) is 5.75 Å². The second-order valence-electron chi connectivity index (χ2n) is 6.40. The van der Waals surface area contributed by atoms with E-state index in [9.17, 15) is 22.0 Å². The molecule has 1 aliphatic rings. The Kier molecular flexibility index (Phi) is 9.14. The molecule has 10 heteroatoms. The van der Waals surface area contributed by atoms with Crippen LogP contribution in [0.25, 0.3) is 0 Å². The number of ether oxygens (including phenoxy) is 1. The van der Waals surface area contributed by atoms with Crippen molar-refractivity contribution < 1.29 is 26.7 Å². The maximum absolute atomic E-state index is 14.8. The van der Waals surface area contributed by atoms with Gasteiger partial charge in [-0.3, -0.25) is 4.90 Å². The summed E-state index contributed by atoms with van der Waals surface area (Å²) in [6.45, 7) is 3.96. The molecule has 1 N–H and O–H groups in total. The first-order chi connectivity index (χ1) is 12.8. The van der Waals surface area contributed by atoms with Crippen molar-refractivity contribution in [3.05, 3.63) is 64.7 Å². The molecular formula is C19H21Cl2F5N2O. The first kappa shape index (κ1) is 25.4. The third-order valence-corrected chi connectivity index (χ3v) is 4.54. The van der Waals surface area contributed by atoms with Gasteiger partial charge in [-0.15, -0.1) is 38.0 Å². The molecule has 3 rings (SSSR count). The molecule has 2 aromatic rings. The van der Waals surface area contributed by atoms with Crippen molar-refractivity contribution in [1.82, 2.24) is 10.2 Å². The van der Waals surface area contributed by atoms with Crippen LogP contribution < -0.4 is 10.1 Å². The summed E-state index contributed by atoms with van der Waals surface area (Å²) in [6.07, 6.45) is -4.80. The van der Waals surface area contributed by atoms with Crippen LogP contribution in [-0.2, 0) is 0 Å². The van der Waals surface area contributed by atoms with Crippen molar-refractivity contribution in [1.29, 1.82) is 0 Å². The van der Waals surface area contributed by atoms with Gasteiger partial charge in [-0.2, -0.15) is 0 Å². The van der Waals surface area contributed by atoms with E-state index in [4.69, 9.17) is 0 Å². The molecule has 0 bridgehead atoms. The lowest BCUT2D eigenvalue weighted by molar-refractivity contribution is -0.274. The summed E-state index contributed by atoms with van der Waals surface area (Å²) < 4.78 is 70.4. The summed E-state index contributed by atoms with van der Waals surface area (Å²) in [5, 5.41) is 3.17. The van der Waals surface area contributed by atoms with Crippen LogP contribution in [0.15, 0.2) is 36.4 Å². The van der Waals surface area contributed by atoms with E-state index >= 15 is 0 Å². The molecule has 162 valence electrons. The van der Waals surface area contributed by atoms with Crippen LogP contribution in [0, 0.1) is 18.6 Å². The summed E-state index contributed by atoms with van der Waals surface area (Å²) in [7, 11) is 0. The molecule has 0 radical (unpaired) electrons. The fraction of sp³-hybridized carbons (Fsp3) is 0.368. The first-order valence-electron chi connectivity index (χ1n) is 8.51. The highest BCUT2D eigenvalue weighted by atomic mass is 35.5. The monoisotopic (exact) mass is 458 g/mol. The van der Waals surface area contributed by atoms with Crippen LogP contribution >= 0.6 is 24.8 Å². The number of alkyl halides is 3. The predicted molar refractivity (Wildman–Crippen MR) is 105 cm³/mol. The molecule has 2 aromatic carbocycles. The molecule has 29 heavy (non-hydrogen) atoms. The zero-order valence-corrected chi connectivity index (χ0v) is 17.1. The second-order valence-corrected chi connectivity index (χ2v) is 6.40. The third kappa shape index (κ3) is 6.18. The van der Waals surface area contributed by atoms with Gasteiger partial charge >= 0.3 is 6.36 Å². The van der Waals surface area contributed by atoms with Crippen molar-refractivity contribution in [3.63, 3.8) is 0 Å². The number of nitrogens with zero attached hydrogens (tertiary/aromatic N) is 1. The standard InChI is InChI=1S/C19H19F5N2O.2ClH/c1-12-2-7-15(20)16(17(12)21)18(26-10-8-25-9-11-26)13-3-5-14(6-4-13)27-19(22,23)24;;/h2-7,18,25H,8-11H2,1H3;2*1H/t18-;;/m0../s1. The van der Waals surface area contributed by atoms with Gasteiger partial charge in [-0.25, -0.2) is 8.78 Å². The largest absolute Gasteiger partial charge is 0.573 e. The summed E-state index contributed by atoms with van der Waals surface area (Å²) in [4.78, 5) is 1.91. The summed E-state index contributed by atoms with van der Waals surface area (Å²) in [5.41, 5.74) is 0.708. The number of aryl methyl sites for hydroxylation is 1. The topological polar surface area (TPSA) is 24.5 Å². The quantitative estimate of drug-likeness (QED) is 0.651. The minimum atomic E-state index is -4.80. The Balaban J connectivity index is 0.00000210. The molecule has 0 unspecified atom stereocenters. The average molecular weight is 459 g/mol. The molecule has 0 aromatic heterocycles. The molecule has 0 amide bonds. The predicted octanol–water partition coefficient (Wildman–Crippen LogP) is 5.01. The number of benzene rings is 2. The fourth-order valence-electron chi connectivity index (χ4n) is 3.28. The molecule has 3 nitrogen and oxygen atoms in total. The van der Waals surface area contributed by atoms with E-state index in [1.54, 1.807) is 6.92 Å². The zero-order chi connectivity index (χ0) is 19.6. The minimum absolute atomic E-state index is 0. The van der Waals surface area contributed by atoms with Crippen molar-refractivity contribution in [3.8, 4) is 5.75 Å². The Labute approximate surface area is 178 Å². The maximum Gasteiger partial charge on any atom is 0.573 e. The number of rotatable bonds is 4. The van der Waals surface area contributed by atoms with Gasteiger partial charge in [0.2, 0.25) is 0 Å². The molecule has 0 spiro atoms. The fourth-order valence-corrected chi connectivity index (χ4v) is 3.28. The number of nitrogens with one attached hydrogen (secondary N) is 1. The molecule has 1 aliphatic heterocycles. The van der Waals surface area contributed by atoms with Gasteiger partial charge in [-0.1, -0.05) is 18.2 Å². The van der Waals surface area contributed by atoms with E-state index < -0.39 is 24.0 Å². The third-order valence-electron chi connectivity index (χ3n) is 4.54.